The number of carbonyl (C=O) groups is 1. The molecule has 2 rings (SSSR count). The van der Waals surface area contributed by atoms with Gasteiger partial charge in [-0.15, -0.1) is 0 Å². The van der Waals surface area contributed by atoms with Gasteiger partial charge in [-0.05, 0) is 56.4 Å². The fourth-order valence-corrected chi connectivity index (χ4v) is 2.23. The standard InChI is InChI=1S/C17H17N3O4S/c1-11(2)24-13-9-7-12(8-10-13)16(21)19-17(25)18-14-5-3-4-6-15(14)20(22)23/h3-11H,1-2H3,(H2,18,19,21,25). The van der Waals surface area contributed by atoms with Gasteiger partial charge in [0.2, 0.25) is 0 Å². The minimum Gasteiger partial charge on any atom is -0.491 e. The minimum atomic E-state index is -0.528. The number of para-hydroxylation sites is 2. The number of rotatable bonds is 5. The molecule has 2 aromatic rings. The van der Waals surface area contributed by atoms with Crippen LogP contribution in [0.1, 0.15) is 24.2 Å². The van der Waals surface area contributed by atoms with E-state index in [0.717, 1.165) is 0 Å². The summed E-state index contributed by atoms with van der Waals surface area (Å²) in [7, 11) is 0. The topological polar surface area (TPSA) is 93.5 Å². The molecule has 0 aliphatic rings. The third-order valence-corrected chi connectivity index (χ3v) is 3.27. The Bertz CT molecular complexity index is 791. The van der Waals surface area contributed by atoms with Crippen LogP contribution in [-0.2, 0) is 0 Å². The van der Waals surface area contributed by atoms with Crippen molar-refractivity contribution in [2.24, 2.45) is 0 Å². The highest BCUT2D eigenvalue weighted by Crippen LogP contribution is 2.23. The molecule has 0 aliphatic carbocycles. The van der Waals surface area contributed by atoms with Gasteiger partial charge in [0.25, 0.3) is 11.6 Å². The van der Waals surface area contributed by atoms with Gasteiger partial charge in [0.05, 0.1) is 11.0 Å². The molecule has 0 bridgehead atoms. The van der Waals surface area contributed by atoms with Gasteiger partial charge in [0.15, 0.2) is 5.11 Å². The summed E-state index contributed by atoms with van der Waals surface area (Å²) in [5.74, 6) is 0.236. The molecular weight excluding hydrogens is 342 g/mol. The first kappa shape index (κ1) is 18.3. The smallest absolute Gasteiger partial charge is 0.292 e. The molecule has 0 saturated heterocycles. The van der Waals surface area contributed by atoms with Crippen molar-refractivity contribution in [2.75, 3.05) is 5.32 Å². The van der Waals surface area contributed by atoms with Crippen LogP contribution < -0.4 is 15.4 Å². The number of thiocarbonyl (C=S) groups is 1. The molecule has 0 unspecified atom stereocenters. The van der Waals surface area contributed by atoms with Crippen molar-refractivity contribution in [2.45, 2.75) is 20.0 Å². The Kier molecular flexibility index (Phi) is 6.02. The van der Waals surface area contributed by atoms with E-state index in [1.807, 2.05) is 13.8 Å². The Balaban J connectivity index is 2.01. The van der Waals surface area contributed by atoms with Gasteiger partial charge in [-0.25, -0.2) is 0 Å². The molecule has 0 spiro atoms. The van der Waals surface area contributed by atoms with Crippen molar-refractivity contribution in [3.63, 3.8) is 0 Å². The van der Waals surface area contributed by atoms with Crippen molar-refractivity contribution in [3.05, 3.63) is 64.2 Å². The highest BCUT2D eigenvalue weighted by molar-refractivity contribution is 7.80. The number of benzene rings is 2. The lowest BCUT2D eigenvalue weighted by Gasteiger charge is -2.11. The fourth-order valence-electron chi connectivity index (χ4n) is 2.02. The summed E-state index contributed by atoms with van der Waals surface area (Å²) < 4.78 is 5.51. The van der Waals surface area contributed by atoms with Crippen LogP contribution in [0.4, 0.5) is 11.4 Å². The van der Waals surface area contributed by atoms with Gasteiger partial charge in [0.1, 0.15) is 11.4 Å². The van der Waals surface area contributed by atoms with Crippen LogP contribution in [0.5, 0.6) is 5.75 Å². The molecule has 0 radical (unpaired) electrons. The molecular formula is C17H17N3O4S. The third kappa shape index (κ3) is 5.25. The molecule has 7 nitrogen and oxygen atoms in total. The summed E-state index contributed by atoms with van der Waals surface area (Å²) >= 11 is 5.05. The van der Waals surface area contributed by atoms with Crippen LogP contribution in [-0.4, -0.2) is 22.0 Å². The minimum absolute atomic E-state index is 0.0261. The van der Waals surface area contributed by atoms with E-state index in [-0.39, 0.29) is 22.6 Å². The number of carbonyl (C=O) groups excluding carboxylic acids is 1. The zero-order valence-electron chi connectivity index (χ0n) is 13.7. The van der Waals surface area contributed by atoms with Gasteiger partial charge in [-0.2, -0.15) is 0 Å². The van der Waals surface area contributed by atoms with Gasteiger partial charge in [-0.3, -0.25) is 20.2 Å². The Hall–Kier alpha value is -3.00. The summed E-state index contributed by atoms with van der Waals surface area (Å²) in [5.41, 5.74) is 0.468. The number of ether oxygens (including phenoxy) is 1. The quantitative estimate of drug-likeness (QED) is 0.482. The normalized spacial score (nSPS) is 10.2. The zero-order chi connectivity index (χ0) is 18.4. The maximum atomic E-state index is 12.2. The van der Waals surface area contributed by atoms with Crippen LogP contribution >= 0.6 is 12.2 Å². The zero-order valence-corrected chi connectivity index (χ0v) is 14.5. The highest BCUT2D eigenvalue weighted by atomic mass is 32.1. The van der Waals surface area contributed by atoms with E-state index < -0.39 is 10.8 Å². The second kappa shape index (κ2) is 8.20. The van der Waals surface area contributed by atoms with Crippen LogP contribution in [0.3, 0.4) is 0 Å². The van der Waals surface area contributed by atoms with Gasteiger partial charge >= 0.3 is 0 Å². The monoisotopic (exact) mass is 359 g/mol. The molecule has 0 atom stereocenters. The number of nitro groups is 1. The van der Waals surface area contributed by atoms with Crippen LogP contribution in [0.2, 0.25) is 0 Å². The molecule has 130 valence electrons. The van der Waals surface area contributed by atoms with Crippen molar-refractivity contribution < 1.29 is 14.5 Å². The third-order valence-electron chi connectivity index (χ3n) is 3.06. The Morgan fingerprint density at radius 3 is 2.40 bits per heavy atom. The number of nitrogens with one attached hydrogen (secondary N) is 2. The first-order valence-electron chi connectivity index (χ1n) is 7.49. The Labute approximate surface area is 150 Å². The van der Waals surface area contributed by atoms with E-state index in [2.05, 4.69) is 10.6 Å². The molecule has 1 amide bonds. The number of nitrogens with zero attached hydrogens (tertiary/aromatic N) is 1. The van der Waals surface area contributed by atoms with Gasteiger partial charge in [-0.1, -0.05) is 12.1 Å². The lowest BCUT2D eigenvalue weighted by Crippen LogP contribution is -2.34. The van der Waals surface area contributed by atoms with E-state index in [4.69, 9.17) is 17.0 Å². The van der Waals surface area contributed by atoms with Gasteiger partial charge < -0.3 is 10.1 Å². The first-order valence-corrected chi connectivity index (χ1v) is 7.90. The summed E-state index contributed by atoms with van der Waals surface area (Å²) in [5, 5.41) is 16.1. The number of hydrogen-bond donors (Lipinski definition) is 2. The fraction of sp³-hybridized carbons (Fsp3) is 0.176. The van der Waals surface area contributed by atoms with E-state index in [1.165, 1.54) is 12.1 Å². The maximum Gasteiger partial charge on any atom is 0.292 e. The predicted molar refractivity (Wildman–Crippen MR) is 99.0 cm³/mol. The van der Waals surface area contributed by atoms with E-state index in [1.54, 1.807) is 36.4 Å². The summed E-state index contributed by atoms with van der Waals surface area (Å²) in [6.07, 6.45) is 0.0399. The molecule has 0 aromatic heterocycles. The molecule has 0 aliphatic heterocycles. The number of hydrogen-bond acceptors (Lipinski definition) is 5. The Morgan fingerprint density at radius 1 is 1.16 bits per heavy atom. The number of nitro benzene ring substituents is 1. The second-order valence-corrected chi connectivity index (χ2v) is 5.78. The predicted octanol–water partition coefficient (Wildman–Crippen LogP) is 3.51. The molecule has 0 saturated carbocycles. The largest absolute Gasteiger partial charge is 0.491 e. The summed E-state index contributed by atoms with van der Waals surface area (Å²) in [6.45, 7) is 3.82. The van der Waals surface area contributed by atoms with Crippen LogP contribution in [0.25, 0.3) is 0 Å². The van der Waals surface area contributed by atoms with Crippen LogP contribution in [0.15, 0.2) is 48.5 Å². The highest BCUT2D eigenvalue weighted by Gasteiger charge is 2.15. The summed E-state index contributed by atoms with van der Waals surface area (Å²) in [6, 6.07) is 12.6. The van der Waals surface area contributed by atoms with E-state index in [0.29, 0.717) is 11.3 Å². The van der Waals surface area contributed by atoms with Crippen LogP contribution in [0, 0.1) is 10.1 Å². The molecule has 8 heteroatoms. The van der Waals surface area contributed by atoms with Crippen molar-refractivity contribution in [1.29, 1.82) is 0 Å². The lowest BCUT2D eigenvalue weighted by atomic mass is 10.2. The average Bonchev–Trinajstić information content (AvgIpc) is 2.55. The molecule has 0 fully saturated rings. The molecule has 2 N–H and O–H groups in total. The summed E-state index contributed by atoms with van der Waals surface area (Å²) in [4.78, 5) is 22.6. The van der Waals surface area contributed by atoms with E-state index >= 15 is 0 Å². The Morgan fingerprint density at radius 2 is 1.80 bits per heavy atom. The molecule has 0 heterocycles. The van der Waals surface area contributed by atoms with E-state index in [9.17, 15) is 14.9 Å². The second-order valence-electron chi connectivity index (χ2n) is 5.37. The molecule has 2 aromatic carbocycles. The number of amides is 1. The van der Waals surface area contributed by atoms with Gasteiger partial charge in [0, 0.05) is 11.6 Å². The van der Waals surface area contributed by atoms with Crippen molar-refractivity contribution in [3.8, 4) is 5.75 Å². The van der Waals surface area contributed by atoms with Crippen molar-refractivity contribution in [1.82, 2.24) is 5.32 Å². The lowest BCUT2D eigenvalue weighted by molar-refractivity contribution is -0.383. The molecule has 25 heavy (non-hydrogen) atoms. The first-order chi connectivity index (χ1) is 11.9. The maximum absolute atomic E-state index is 12.2. The number of anilines is 1. The van der Waals surface area contributed by atoms with Crippen molar-refractivity contribution >= 4 is 34.6 Å². The SMILES string of the molecule is CC(C)Oc1ccc(C(=O)NC(=S)Nc2ccccc2[N+](=O)[O-])cc1. The average molecular weight is 359 g/mol.